The molecule has 4 nitrogen and oxygen atoms in total. The van der Waals surface area contributed by atoms with Gasteiger partial charge < -0.3 is 4.98 Å². The van der Waals surface area contributed by atoms with Crippen LogP contribution in [0, 0.1) is 11.3 Å². The van der Waals surface area contributed by atoms with Gasteiger partial charge in [0.15, 0.2) is 0 Å². The van der Waals surface area contributed by atoms with Gasteiger partial charge in [-0.2, -0.15) is 5.26 Å². The van der Waals surface area contributed by atoms with Crippen molar-refractivity contribution in [2.75, 3.05) is 0 Å². The van der Waals surface area contributed by atoms with E-state index in [2.05, 4.69) is 28.7 Å². The van der Waals surface area contributed by atoms with Crippen molar-refractivity contribution in [2.24, 2.45) is 0 Å². The zero-order chi connectivity index (χ0) is 15.5. The monoisotopic (exact) mass is 305 g/mol. The molecule has 22 heavy (non-hydrogen) atoms. The third-order valence-electron chi connectivity index (χ3n) is 3.28. The van der Waals surface area contributed by atoms with E-state index >= 15 is 0 Å². The topological polar surface area (TPSA) is 69.5 Å². The molecule has 0 spiro atoms. The third kappa shape index (κ3) is 2.65. The van der Waals surface area contributed by atoms with E-state index in [0.717, 1.165) is 11.3 Å². The van der Waals surface area contributed by atoms with Gasteiger partial charge in [0, 0.05) is 29.0 Å². The summed E-state index contributed by atoms with van der Waals surface area (Å²) < 4.78 is 0. The normalized spacial score (nSPS) is 10.2. The molecule has 2 heterocycles. The Bertz CT molecular complexity index is 909. The van der Waals surface area contributed by atoms with Crippen LogP contribution in [0.5, 0.6) is 0 Å². The van der Waals surface area contributed by atoms with Crippen LogP contribution in [-0.2, 0) is 0 Å². The number of nitrogens with zero attached hydrogens (tertiary/aromatic N) is 2. The molecule has 1 aromatic carbocycles. The van der Waals surface area contributed by atoms with E-state index in [-0.39, 0.29) is 10.6 Å². The standard InChI is InChI=1S/C17H11N3OS/c18-9-14-13(8-16(21)20-17(14)22)12-6-7-15(19-10-12)11-4-2-1-3-5-11/h1-8,10H,(H2,20,21,22). The highest BCUT2D eigenvalue weighted by Crippen LogP contribution is 2.26. The van der Waals surface area contributed by atoms with Gasteiger partial charge in [0.05, 0.1) is 16.3 Å². The first-order valence-electron chi connectivity index (χ1n) is 6.57. The van der Waals surface area contributed by atoms with Gasteiger partial charge in [0.1, 0.15) is 6.07 Å². The molecule has 2 aromatic heterocycles. The van der Waals surface area contributed by atoms with E-state index in [0.29, 0.717) is 16.7 Å². The predicted octanol–water partition coefficient (Wildman–Crippen LogP) is 3.26. The highest BCUT2D eigenvalue weighted by Gasteiger charge is 2.11. The van der Waals surface area contributed by atoms with Crippen molar-refractivity contribution < 1.29 is 0 Å². The number of hydrogen-bond donors (Lipinski definition) is 2. The summed E-state index contributed by atoms with van der Waals surface area (Å²) in [4.78, 5) is 18.5. The summed E-state index contributed by atoms with van der Waals surface area (Å²) in [6, 6.07) is 16.9. The van der Waals surface area contributed by atoms with Crippen LogP contribution in [0.4, 0.5) is 0 Å². The van der Waals surface area contributed by atoms with Crippen molar-refractivity contribution >= 4 is 12.6 Å². The van der Waals surface area contributed by atoms with Gasteiger partial charge in [-0.05, 0) is 6.07 Å². The Kier molecular flexibility index (Phi) is 3.77. The van der Waals surface area contributed by atoms with Crippen LogP contribution in [0.2, 0.25) is 0 Å². The lowest BCUT2D eigenvalue weighted by molar-refractivity contribution is 1.07. The highest BCUT2D eigenvalue weighted by molar-refractivity contribution is 7.80. The van der Waals surface area contributed by atoms with Gasteiger partial charge in [-0.25, -0.2) is 0 Å². The molecule has 0 bridgehead atoms. The van der Waals surface area contributed by atoms with Crippen LogP contribution in [0.15, 0.2) is 64.5 Å². The molecular formula is C17H11N3OS. The second-order valence-corrected chi connectivity index (χ2v) is 5.13. The summed E-state index contributed by atoms with van der Waals surface area (Å²) in [6.07, 6.45) is 1.66. The Morgan fingerprint density at radius 2 is 1.86 bits per heavy atom. The lowest BCUT2D eigenvalue weighted by Gasteiger charge is -2.07. The number of aromatic nitrogens is 2. The number of hydrogen-bond acceptors (Lipinski definition) is 4. The molecule has 3 aromatic rings. The molecule has 0 radical (unpaired) electrons. The maximum atomic E-state index is 11.6. The SMILES string of the molecule is N#Cc1c(-c2ccc(-c3ccccc3)nc2)cc(=O)[nH]c1S. The summed E-state index contributed by atoms with van der Waals surface area (Å²) >= 11 is 4.15. The molecule has 0 unspecified atom stereocenters. The molecule has 106 valence electrons. The molecule has 0 atom stereocenters. The van der Waals surface area contributed by atoms with Gasteiger partial charge in [0.25, 0.3) is 0 Å². The van der Waals surface area contributed by atoms with Crippen molar-refractivity contribution in [1.82, 2.24) is 9.97 Å². The Balaban J connectivity index is 2.08. The fraction of sp³-hybridized carbons (Fsp3) is 0. The van der Waals surface area contributed by atoms with Crippen LogP contribution in [0.3, 0.4) is 0 Å². The average molecular weight is 305 g/mol. The molecule has 0 aliphatic carbocycles. The number of nitrogens with one attached hydrogen (secondary N) is 1. The fourth-order valence-corrected chi connectivity index (χ4v) is 2.50. The van der Waals surface area contributed by atoms with E-state index in [1.54, 1.807) is 6.20 Å². The molecule has 0 amide bonds. The minimum atomic E-state index is -0.300. The number of rotatable bonds is 2. The summed E-state index contributed by atoms with van der Waals surface area (Å²) in [7, 11) is 0. The highest BCUT2D eigenvalue weighted by atomic mass is 32.1. The van der Waals surface area contributed by atoms with E-state index in [1.165, 1.54) is 6.07 Å². The third-order valence-corrected chi connectivity index (χ3v) is 3.61. The van der Waals surface area contributed by atoms with Crippen molar-refractivity contribution in [2.45, 2.75) is 5.03 Å². The second kappa shape index (κ2) is 5.88. The molecule has 5 heteroatoms. The first-order chi connectivity index (χ1) is 10.7. The van der Waals surface area contributed by atoms with Crippen molar-refractivity contribution in [3.8, 4) is 28.5 Å². The predicted molar refractivity (Wildman–Crippen MR) is 87.7 cm³/mol. The average Bonchev–Trinajstić information content (AvgIpc) is 2.55. The summed E-state index contributed by atoms with van der Waals surface area (Å²) in [5.41, 5.74) is 3.11. The molecule has 0 saturated carbocycles. The summed E-state index contributed by atoms with van der Waals surface area (Å²) in [6.45, 7) is 0. The lowest BCUT2D eigenvalue weighted by atomic mass is 10.0. The zero-order valence-electron chi connectivity index (χ0n) is 11.4. The Morgan fingerprint density at radius 3 is 2.50 bits per heavy atom. The Morgan fingerprint density at radius 1 is 1.09 bits per heavy atom. The van der Waals surface area contributed by atoms with Gasteiger partial charge in [0.2, 0.25) is 5.56 Å². The molecule has 0 saturated heterocycles. The first-order valence-corrected chi connectivity index (χ1v) is 7.02. The summed E-state index contributed by atoms with van der Waals surface area (Å²) in [5.74, 6) is 0. The number of H-pyrrole nitrogens is 1. The smallest absolute Gasteiger partial charge is 0.249 e. The second-order valence-electron chi connectivity index (χ2n) is 4.68. The van der Waals surface area contributed by atoms with Gasteiger partial charge in [-0.3, -0.25) is 9.78 Å². The molecule has 0 fully saturated rings. The van der Waals surface area contributed by atoms with Crippen LogP contribution in [0.1, 0.15) is 5.56 Å². The van der Waals surface area contributed by atoms with Crippen LogP contribution in [0.25, 0.3) is 22.4 Å². The Hall–Kier alpha value is -2.84. The van der Waals surface area contributed by atoms with Crippen molar-refractivity contribution in [3.63, 3.8) is 0 Å². The largest absolute Gasteiger partial charge is 0.316 e. The van der Waals surface area contributed by atoms with Gasteiger partial charge in [-0.1, -0.05) is 36.4 Å². The van der Waals surface area contributed by atoms with Gasteiger partial charge in [-0.15, -0.1) is 12.6 Å². The lowest BCUT2D eigenvalue weighted by Crippen LogP contribution is -2.07. The van der Waals surface area contributed by atoms with Crippen LogP contribution in [-0.4, -0.2) is 9.97 Å². The number of nitriles is 1. The van der Waals surface area contributed by atoms with Crippen molar-refractivity contribution in [3.05, 3.63) is 70.6 Å². The zero-order valence-corrected chi connectivity index (χ0v) is 12.3. The van der Waals surface area contributed by atoms with Crippen LogP contribution < -0.4 is 5.56 Å². The van der Waals surface area contributed by atoms with Crippen LogP contribution >= 0.6 is 12.6 Å². The molecule has 3 rings (SSSR count). The molecule has 1 N–H and O–H groups in total. The number of aromatic amines is 1. The van der Waals surface area contributed by atoms with E-state index < -0.39 is 0 Å². The van der Waals surface area contributed by atoms with E-state index in [9.17, 15) is 10.1 Å². The quantitative estimate of drug-likeness (QED) is 0.714. The number of thiol groups is 1. The van der Waals surface area contributed by atoms with E-state index in [4.69, 9.17) is 0 Å². The first kappa shape index (κ1) is 14.1. The summed E-state index contributed by atoms with van der Waals surface area (Å²) in [5, 5.41) is 9.50. The Labute approximate surface area is 132 Å². The maximum Gasteiger partial charge on any atom is 0.249 e. The van der Waals surface area contributed by atoms with Gasteiger partial charge >= 0.3 is 0 Å². The molecule has 0 aliphatic rings. The number of benzene rings is 1. The molecular weight excluding hydrogens is 294 g/mol. The number of pyridine rings is 2. The minimum Gasteiger partial charge on any atom is -0.316 e. The fourth-order valence-electron chi connectivity index (χ4n) is 2.22. The van der Waals surface area contributed by atoms with E-state index in [1.807, 2.05) is 42.5 Å². The molecule has 0 aliphatic heterocycles. The van der Waals surface area contributed by atoms with Crippen molar-refractivity contribution in [1.29, 1.82) is 5.26 Å². The maximum absolute atomic E-state index is 11.6. The minimum absolute atomic E-state index is 0.261.